The number of hydrogen-bond donors (Lipinski definition) is 1. The third kappa shape index (κ3) is 3.64. The van der Waals surface area contributed by atoms with E-state index in [9.17, 15) is 5.11 Å². The van der Waals surface area contributed by atoms with Crippen LogP contribution in [0.3, 0.4) is 0 Å². The first-order valence-corrected chi connectivity index (χ1v) is 6.42. The zero-order chi connectivity index (χ0) is 13.8. The summed E-state index contributed by atoms with van der Waals surface area (Å²) in [5.74, 6) is 0.941. The minimum atomic E-state index is -0.0962. The van der Waals surface area contributed by atoms with Gasteiger partial charge in [-0.2, -0.15) is 0 Å². The van der Waals surface area contributed by atoms with Gasteiger partial charge in [0.05, 0.1) is 7.11 Å². The predicted molar refractivity (Wildman–Crippen MR) is 76.5 cm³/mol. The first-order chi connectivity index (χ1) is 8.43. The van der Waals surface area contributed by atoms with Gasteiger partial charge in [-0.3, -0.25) is 0 Å². The van der Waals surface area contributed by atoms with Crippen molar-refractivity contribution >= 4 is 5.69 Å². The summed E-state index contributed by atoms with van der Waals surface area (Å²) in [5, 5.41) is 9.33. The van der Waals surface area contributed by atoms with Crippen LogP contribution in [0.2, 0.25) is 0 Å². The second-order valence-electron chi connectivity index (χ2n) is 5.53. The lowest BCUT2D eigenvalue weighted by atomic mass is 9.94. The van der Waals surface area contributed by atoms with E-state index in [0.717, 1.165) is 24.4 Å². The van der Waals surface area contributed by atoms with Gasteiger partial charge in [0, 0.05) is 31.3 Å². The van der Waals surface area contributed by atoms with E-state index in [1.807, 2.05) is 6.07 Å². The number of ether oxygens (including phenoxy) is 1. The maximum atomic E-state index is 9.33. The summed E-state index contributed by atoms with van der Waals surface area (Å²) in [6.07, 6.45) is 0.953. The molecule has 1 aromatic carbocycles. The summed E-state index contributed by atoms with van der Waals surface area (Å²) >= 11 is 0. The fraction of sp³-hybridized carbons (Fsp3) is 0.600. The Morgan fingerprint density at radius 2 is 2.00 bits per heavy atom. The van der Waals surface area contributed by atoms with Crippen molar-refractivity contribution in [3.05, 3.63) is 23.8 Å². The Balaban J connectivity index is 2.90. The number of aliphatic hydroxyl groups is 1. The molecule has 0 atom stereocenters. The number of aryl methyl sites for hydroxylation is 1. The second kappa shape index (κ2) is 6.10. The van der Waals surface area contributed by atoms with Crippen LogP contribution in [0.5, 0.6) is 5.75 Å². The van der Waals surface area contributed by atoms with Crippen molar-refractivity contribution in [2.24, 2.45) is 5.41 Å². The summed E-state index contributed by atoms with van der Waals surface area (Å²) in [6, 6.07) is 6.23. The van der Waals surface area contributed by atoms with Crippen molar-refractivity contribution in [2.45, 2.75) is 27.2 Å². The molecule has 0 spiro atoms. The highest BCUT2D eigenvalue weighted by Crippen LogP contribution is 2.26. The van der Waals surface area contributed by atoms with Crippen LogP contribution in [-0.4, -0.2) is 32.4 Å². The summed E-state index contributed by atoms with van der Waals surface area (Å²) in [7, 11) is 3.76. The fourth-order valence-electron chi connectivity index (χ4n) is 2.06. The molecule has 0 fully saturated rings. The van der Waals surface area contributed by atoms with Gasteiger partial charge in [0.2, 0.25) is 0 Å². The molecular formula is C15H25NO2. The van der Waals surface area contributed by atoms with E-state index < -0.39 is 0 Å². The molecule has 0 saturated carbocycles. The topological polar surface area (TPSA) is 32.7 Å². The number of aliphatic hydroxyl groups excluding tert-OH is 1. The zero-order valence-electron chi connectivity index (χ0n) is 12.2. The molecule has 3 heteroatoms. The molecule has 18 heavy (non-hydrogen) atoms. The largest absolute Gasteiger partial charge is 0.496 e. The van der Waals surface area contributed by atoms with Crippen molar-refractivity contribution in [2.75, 3.05) is 32.2 Å². The lowest BCUT2D eigenvalue weighted by molar-refractivity contribution is 0.165. The Labute approximate surface area is 110 Å². The molecule has 0 aliphatic heterocycles. The monoisotopic (exact) mass is 251 g/mol. The van der Waals surface area contributed by atoms with Gasteiger partial charge in [-0.1, -0.05) is 20.8 Å². The van der Waals surface area contributed by atoms with Gasteiger partial charge in [-0.15, -0.1) is 0 Å². The third-order valence-electron chi connectivity index (χ3n) is 3.18. The lowest BCUT2D eigenvalue weighted by Crippen LogP contribution is -2.33. The molecule has 1 rings (SSSR count). The van der Waals surface area contributed by atoms with Gasteiger partial charge in [0.25, 0.3) is 0 Å². The van der Waals surface area contributed by atoms with Crippen molar-refractivity contribution in [1.82, 2.24) is 0 Å². The summed E-state index contributed by atoms with van der Waals surface area (Å²) < 4.78 is 5.33. The van der Waals surface area contributed by atoms with E-state index in [1.165, 1.54) is 5.56 Å². The van der Waals surface area contributed by atoms with Gasteiger partial charge in [-0.25, -0.2) is 0 Å². The van der Waals surface area contributed by atoms with Crippen molar-refractivity contribution in [3.63, 3.8) is 0 Å². The Hall–Kier alpha value is -1.22. The Morgan fingerprint density at radius 1 is 1.33 bits per heavy atom. The van der Waals surface area contributed by atoms with E-state index >= 15 is 0 Å². The SMILES string of the molecule is CCc1cc(N(C)CC(C)(C)CO)ccc1OC. The van der Waals surface area contributed by atoms with Crippen LogP contribution < -0.4 is 9.64 Å². The minimum absolute atomic E-state index is 0.0962. The molecule has 0 saturated heterocycles. The Morgan fingerprint density at radius 3 is 2.50 bits per heavy atom. The number of methoxy groups -OCH3 is 1. The molecule has 0 aliphatic rings. The average molecular weight is 251 g/mol. The fourth-order valence-corrected chi connectivity index (χ4v) is 2.06. The van der Waals surface area contributed by atoms with Gasteiger partial charge in [-0.05, 0) is 30.2 Å². The highest BCUT2D eigenvalue weighted by molar-refractivity contribution is 5.53. The summed E-state index contributed by atoms with van der Waals surface area (Å²) in [5.41, 5.74) is 2.28. The maximum absolute atomic E-state index is 9.33. The quantitative estimate of drug-likeness (QED) is 0.844. The van der Waals surface area contributed by atoms with E-state index in [2.05, 4.69) is 44.9 Å². The van der Waals surface area contributed by atoms with E-state index in [0.29, 0.717) is 0 Å². The molecule has 0 bridgehead atoms. The molecule has 0 aliphatic carbocycles. The molecule has 0 radical (unpaired) electrons. The first kappa shape index (κ1) is 14.8. The molecule has 1 N–H and O–H groups in total. The second-order valence-corrected chi connectivity index (χ2v) is 5.53. The number of nitrogens with zero attached hydrogens (tertiary/aromatic N) is 1. The van der Waals surface area contributed by atoms with Crippen LogP contribution in [0, 0.1) is 5.41 Å². The lowest BCUT2D eigenvalue weighted by Gasteiger charge is -2.30. The minimum Gasteiger partial charge on any atom is -0.496 e. The molecule has 1 aromatic rings. The number of benzene rings is 1. The third-order valence-corrected chi connectivity index (χ3v) is 3.18. The van der Waals surface area contributed by atoms with E-state index in [1.54, 1.807) is 7.11 Å². The van der Waals surface area contributed by atoms with E-state index in [-0.39, 0.29) is 12.0 Å². The van der Waals surface area contributed by atoms with Crippen LogP contribution in [0.1, 0.15) is 26.3 Å². The molecule has 0 heterocycles. The van der Waals surface area contributed by atoms with Crippen molar-refractivity contribution in [3.8, 4) is 5.75 Å². The van der Waals surface area contributed by atoms with Crippen LogP contribution in [0.15, 0.2) is 18.2 Å². The normalized spacial score (nSPS) is 11.4. The Bertz CT molecular complexity index is 388. The van der Waals surface area contributed by atoms with Crippen LogP contribution >= 0.6 is 0 Å². The van der Waals surface area contributed by atoms with Gasteiger partial charge < -0.3 is 14.7 Å². The van der Waals surface area contributed by atoms with E-state index in [4.69, 9.17) is 4.74 Å². The summed E-state index contributed by atoms with van der Waals surface area (Å²) in [4.78, 5) is 2.18. The van der Waals surface area contributed by atoms with Crippen LogP contribution in [0.4, 0.5) is 5.69 Å². The maximum Gasteiger partial charge on any atom is 0.122 e. The average Bonchev–Trinajstić information content (AvgIpc) is 2.37. The molecule has 3 nitrogen and oxygen atoms in total. The summed E-state index contributed by atoms with van der Waals surface area (Å²) in [6.45, 7) is 7.26. The first-order valence-electron chi connectivity index (χ1n) is 6.42. The Kier molecular flexibility index (Phi) is 5.03. The van der Waals surface area contributed by atoms with Crippen molar-refractivity contribution in [1.29, 1.82) is 0 Å². The van der Waals surface area contributed by atoms with Gasteiger partial charge >= 0.3 is 0 Å². The standard InChI is InChI=1S/C15H25NO2/c1-6-12-9-13(7-8-14(12)18-5)16(4)10-15(2,3)11-17/h7-9,17H,6,10-11H2,1-5H3. The predicted octanol–water partition coefficient (Wildman–Crippen LogP) is 2.71. The van der Waals surface area contributed by atoms with Gasteiger partial charge in [0.1, 0.15) is 5.75 Å². The number of hydrogen-bond acceptors (Lipinski definition) is 3. The zero-order valence-corrected chi connectivity index (χ0v) is 12.2. The molecule has 102 valence electrons. The van der Waals surface area contributed by atoms with Crippen LogP contribution in [0.25, 0.3) is 0 Å². The molecule has 0 unspecified atom stereocenters. The van der Waals surface area contributed by atoms with Crippen LogP contribution in [-0.2, 0) is 6.42 Å². The highest BCUT2D eigenvalue weighted by atomic mass is 16.5. The van der Waals surface area contributed by atoms with Crippen molar-refractivity contribution < 1.29 is 9.84 Å². The number of anilines is 1. The molecule has 0 aromatic heterocycles. The number of rotatable bonds is 6. The molecule has 0 amide bonds. The smallest absolute Gasteiger partial charge is 0.122 e. The highest BCUT2D eigenvalue weighted by Gasteiger charge is 2.19. The van der Waals surface area contributed by atoms with Gasteiger partial charge in [0.15, 0.2) is 0 Å². The molecular weight excluding hydrogens is 226 g/mol.